The van der Waals surface area contributed by atoms with Crippen molar-refractivity contribution >= 4 is 56.0 Å². The highest BCUT2D eigenvalue weighted by atomic mass is 32.1. The number of rotatable bonds is 7. The van der Waals surface area contributed by atoms with Crippen LogP contribution in [0.3, 0.4) is 0 Å². The highest BCUT2D eigenvalue weighted by molar-refractivity contribution is 7.22. The molecule has 0 aliphatic carbocycles. The predicted octanol–water partition coefficient (Wildman–Crippen LogP) is 5.48. The van der Waals surface area contributed by atoms with Crippen LogP contribution in [-0.2, 0) is 5.41 Å². The Bertz CT molecular complexity index is 1800. The average molecular weight is 552 g/mol. The Balaban J connectivity index is 1.31. The minimum absolute atomic E-state index is 0.285. The van der Waals surface area contributed by atoms with Crippen LogP contribution >= 0.6 is 11.3 Å². The maximum Gasteiger partial charge on any atom is 0.275 e. The molecule has 2 aromatic carbocycles. The molecule has 0 saturated carbocycles. The summed E-state index contributed by atoms with van der Waals surface area (Å²) >= 11 is 1.22. The lowest BCUT2D eigenvalue weighted by atomic mass is 9.85. The summed E-state index contributed by atoms with van der Waals surface area (Å²) in [7, 11) is 0. The summed E-state index contributed by atoms with van der Waals surface area (Å²) in [5.74, 6) is 0.355. The first-order valence-corrected chi connectivity index (χ1v) is 13.1. The molecule has 40 heavy (non-hydrogen) atoms. The van der Waals surface area contributed by atoms with Crippen molar-refractivity contribution in [3.63, 3.8) is 0 Å². The van der Waals surface area contributed by atoms with E-state index in [0.29, 0.717) is 49.9 Å². The number of carbonyl (C=O) groups excluding carboxylic acids is 2. The van der Waals surface area contributed by atoms with E-state index in [4.69, 9.17) is 0 Å². The van der Waals surface area contributed by atoms with E-state index >= 15 is 0 Å². The van der Waals surface area contributed by atoms with Crippen molar-refractivity contribution in [1.82, 2.24) is 24.9 Å². The first kappa shape index (κ1) is 26.5. The van der Waals surface area contributed by atoms with Gasteiger partial charge in [-0.15, -0.1) is 0 Å². The minimum Gasteiger partial charge on any atom is -0.338 e. The topological polar surface area (TPSA) is 161 Å². The number of aromatic amines is 1. The Morgan fingerprint density at radius 1 is 1.00 bits per heavy atom. The monoisotopic (exact) mass is 551 g/mol. The number of imidazole rings is 1. The summed E-state index contributed by atoms with van der Waals surface area (Å²) in [4.78, 5) is 46.2. The molecule has 2 amide bonds. The molecule has 5 rings (SSSR count). The molecule has 3 heterocycles. The molecule has 3 aromatic heterocycles. The third-order valence-corrected chi connectivity index (χ3v) is 7.07. The van der Waals surface area contributed by atoms with Crippen molar-refractivity contribution in [2.45, 2.75) is 33.1 Å². The summed E-state index contributed by atoms with van der Waals surface area (Å²) in [6.07, 6.45) is 3.04. The molecule has 0 bridgehead atoms. The van der Waals surface area contributed by atoms with E-state index in [1.54, 1.807) is 37.4 Å². The van der Waals surface area contributed by atoms with Crippen molar-refractivity contribution in [3.05, 3.63) is 83.1 Å². The molecule has 5 aromatic rings. The van der Waals surface area contributed by atoms with Gasteiger partial charge in [-0.1, -0.05) is 29.5 Å². The zero-order chi connectivity index (χ0) is 28.4. The van der Waals surface area contributed by atoms with Crippen LogP contribution in [-0.4, -0.2) is 36.7 Å². The van der Waals surface area contributed by atoms with Crippen molar-refractivity contribution in [2.24, 2.45) is 0 Å². The van der Waals surface area contributed by atoms with Crippen molar-refractivity contribution in [1.29, 1.82) is 5.26 Å². The number of hydrogen-bond donors (Lipinski definition) is 4. The van der Waals surface area contributed by atoms with Gasteiger partial charge >= 0.3 is 0 Å². The molecule has 0 radical (unpaired) electrons. The number of nitriles is 1. The number of benzene rings is 2. The van der Waals surface area contributed by atoms with E-state index in [2.05, 4.69) is 46.9 Å². The number of aromatic nitrogens is 5. The third-order valence-electron chi connectivity index (χ3n) is 6.19. The predicted molar refractivity (Wildman–Crippen MR) is 154 cm³/mol. The van der Waals surface area contributed by atoms with Gasteiger partial charge in [0.05, 0.1) is 23.9 Å². The van der Waals surface area contributed by atoms with Crippen LogP contribution < -0.4 is 16.0 Å². The van der Waals surface area contributed by atoms with Crippen molar-refractivity contribution in [2.75, 3.05) is 16.0 Å². The highest BCUT2D eigenvalue weighted by Gasteiger charge is 2.21. The van der Waals surface area contributed by atoms with E-state index < -0.39 is 5.41 Å². The summed E-state index contributed by atoms with van der Waals surface area (Å²) in [5, 5.41) is 18.7. The van der Waals surface area contributed by atoms with Gasteiger partial charge in [0.15, 0.2) is 9.96 Å². The van der Waals surface area contributed by atoms with Gasteiger partial charge in [-0.3, -0.25) is 14.9 Å². The molecule has 0 saturated heterocycles. The van der Waals surface area contributed by atoms with Crippen molar-refractivity contribution in [3.8, 4) is 6.07 Å². The van der Waals surface area contributed by atoms with Crippen LogP contribution in [0.25, 0.3) is 10.3 Å². The fraction of sp³-hybridized carbons (Fsp3) is 0.179. The average Bonchev–Trinajstić information content (AvgIpc) is 3.55. The van der Waals surface area contributed by atoms with Crippen LogP contribution in [0.1, 0.15) is 51.6 Å². The number of thiazole rings is 1. The fourth-order valence-corrected chi connectivity index (χ4v) is 4.63. The molecule has 11 nitrogen and oxygen atoms in total. The number of hydrogen-bond acceptors (Lipinski definition) is 9. The van der Waals surface area contributed by atoms with Gasteiger partial charge in [-0.05, 0) is 63.1 Å². The van der Waals surface area contributed by atoms with Crippen LogP contribution in [0.5, 0.6) is 0 Å². The number of fused-ring (bicyclic) bond motifs is 1. The number of carbonyl (C=O) groups is 2. The van der Waals surface area contributed by atoms with Crippen LogP contribution in [0, 0.1) is 25.2 Å². The zero-order valence-electron chi connectivity index (χ0n) is 22.2. The maximum absolute atomic E-state index is 13.0. The summed E-state index contributed by atoms with van der Waals surface area (Å²) in [6, 6.07) is 14.8. The highest BCUT2D eigenvalue weighted by Crippen LogP contribution is 2.28. The maximum atomic E-state index is 13.0. The smallest absolute Gasteiger partial charge is 0.275 e. The molecule has 0 fully saturated rings. The molecule has 12 heteroatoms. The van der Waals surface area contributed by atoms with Gasteiger partial charge in [0, 0.05) is 16.9 Å². The van der Waals surface area contributed by atoms with E-state index in [1.165, 1.54) is 17.5 Å². The van der Waals surface area contributed by atoms with Gasteiger partial charge in [-0.25, -0.2) is 15.0 Å². The van der Waals surface area contributed by atoms with Gasteiger partial charge in [0.1, 0.15) is 17.0 Å². The molecular weight excluding hydrogens is 526 g/mol. The Hall–Kier alpha value is -5.15. The van der Waals surface area contributed by atoms with Gasteiger partial charge in [0.25, 0.3) is 11.8 Å². The Morgan fingerprint density at radius 3 is 2.58 bits per heavy atom. The van der Waals surface area contributed by atoms with E-state index in [1.807, 2.05) is 39.0 Å². The Labute approximate surface area is 233 Å². The summed E-state index contributed by atoms with van der Waals surface area (Å²) < 4.78 is 0. The molecule has 200 valence electrons. The lowest BCUT2D eigenvalue weighted by Gasteiger charge is -2.17. The Morgan fingerprint density at radius 2 is 1.82 bits per heavy atom. The molecule has 0 aliphatic rings. The number of anilines is 4. The quantitative estimate of drug-likeness (QED) is 0.207. The van der Waals surface area contributed by atoms with Crippen LogP contribution in [0.2, 0.25) is 0 Å². The minimum atomic E-state index is -0.707. The second-order valence-corrected chi connectivity index (χ2v) is 10.6. The van der Waals surface area contributed by atoms with Gasteiger partial charge in [-0.2, -0.15) is 10.2 Å². The number of H-pyrrole nitrogens is 1. The summed E-state index contributed by atoms with van der Waals surface area (Å²) in [6.45, 7) is 7.32. The number of aryl methyl sites for hydroxylation is 2. The third kappa shape index (κ3) is 5.64. The molecule has 0 atom stereocenters. The second kappa shape index (κ2) is 10.5. The van der Waals surface area contributed by atoms with E-state index in [9.17, 15) is 14.9 Å². The molecular formula is C28H25N9O2S. The first-order valence-electron chi connectivity index (χ1n) is 12.3. The largest absolute Gasteiger partial charge is 0.338 e. The second-order valence-electron chi connectivity index (χ2n) is 9.67. The van der Waals surface area contributed by atoms with Crippen molar-refractivity contribution < 1.29 is 9.59 Å². The molecule has 4 N–H and O–H groups in total. The van der Waals surface area contributed by atoms with Gasteiger partial charge in [0.2, 0.25) is 5.95 Å². The van der Waals surface area contributed by atoms with E-state index in [-0.39, 0.29) is 11.8 Å². The number of nitrogens with one attached hydrogen (secondary N) is 4. The summed E-state index contributed by atoms with van der Waals surface area (Å²) in [5.41, 5.74) is 3.63. The van der Waals surface area contributed by atoms with Crippen LogP contribution in [0.15, 0.2) is 54.9 Å². The number of amides is 2. The lowest BCUT2D eigenvalue weighted by Crippen LogP contribution is -2.17. The molecule has 0 aliphatic heterocycles. The molecule has 0 spiro atoms. The lowest BCUT2D eigenvalue weighted by molar-refractivity contribution is 0.101. The SMILES string of the molecule is Cc1ncc(C(=O)Nc2nc3cnc(Nc4cc(NC(=O)c5cccc(C(C)(C)C#N)c5)ccc4C)nc3s2)[nH]1. The molecule has 0 unspecified atom stereocenters. The van der Waals surface area contributed by atoms with Crippen LogP contribution in [0.4, 0.5) is 22.5 Å². The van der Waals surface area contributed by atoms with Gasteiger partial charge < -0.3 is 15.6 Å². The fourth-order valence-electron chi connectivity index (χ4n) is 3.82. The van der Waals surface area contributed by atoms with E-state index in [0.717, 1.165) is 11.1 Å². The Kier molecular flexibility index (Phi) is 6.98. The number of nitrogens with zero attached hydrogens (tertiary/aromatic N) is 5. The standard InChI is InChI=1S/C28H25N9O2S/c1-15-8-9-19(33-23(38)17-6-5-7-18(10-17)28(3,4)14-29)11-20(15)34-26-31-13-22-25(37-26)40-27(35-22)36-24(39)21-12-30-16(2)32-21/h5-13H,1-4H3,(H,30,32)(H,33,38)(H,31,34,37)(H,35,36,39). The normalized spacial score (nSPS) is 11.2. The first-order chi connectivity index (χ1) is 19.1. The zero-order valence-corrected chi connectivity index (χ0v) is 23.0.